The Hall–Kier alpha value is -3.13. The van der Waals surface area contributed by atoms with E-state index in [9.17, 15) is 4.79 Å². The number of nitrogens with zero attached hydrogens (tertiary/aromatic N) is 4. The van der Waals surface area contributed by atoms with E-state index in [0.29, 0.717) is 17.2 Å². The van der Waals surface area contributed by atoms with Crippen LogP contribution in [0.1, 0.15) is 24.1 Å². The van der Waals surface area contributed by atoms with E-state index in [0.717, 1.165) is 16.0 Å². The molecule has 0 aliphatic carbocycles. The highest BCUT2D eigenvalue weighted by Crippen LogP contribution is 2.35. The van der Waals surface area contributed by atoms with E-state index in [-0.39, 0.29) is 6.61 Å². The molecule has 4 rings (SSSR count). The van der Waals surface area contributed by atoms with Gasteiger partial charge in [-0.1, -0.05) is 47.6 Å². The number of hydrogen-bond acceptors (Lipinski definition) is 7. The molecule has 28 heavy (non-hydrogen) atoms. The third-order valence-corrected chi connectivity index (χ3v) is 5.32. The highest BCUT2D eigenvalue weighted by Gasteiger charge is 2.34. The van der Waals surface area contributed by atoms with Crippen molar-refractivity contribution in [3.63, 3.8) is 0 Å². The topological polar surface area (TPSA) is 81.9 Å². The molecule has 0 spiro atoms. The fourth-order valence-corrected chi connectivity index (χ4v) is 3.58. The van der Waals surface area contributed by atoms with E-state index in [1.165, 1.54) is 0 Å². The van der Waals surface area contributed by atoms with Gasteiger partial charge in [-0.2, -0.15) is 4.68 Å². The molecule has 3 aromatic rings. The van der Waals surface area contributed by atoms with Crippen LogP contribution in [0, 0.1) is 0 Å². The van der Waals surface area contributed by atoms with Crippen LogP contribution in [0.3, 0.4) is 0 Å². The maximum atomic E-state index is 13.0. The molecular weight excluding hydrogens is 374 g/mol. The average molecular weight is 393 g/mol. The summed E-state index contributed by atoms with van der Waals surface area (Å²) < 4.78 is 7.21. The molecule has 1 aromatic heterocycles. The molecular formula is C20H19N5O2S. The summed E-state index contributed by atoms with van der Waals surface area (Å²) >= 11 is 1.66. The Bertz CT molecular complexity index is 1010. The SMILES string of the molecule is CSc1ccc(C2C(C(=O)OCc3ccccc3)=C(C)Nc3nnnn32)cc1. The molecule has 0 fully saturated rings. The summed E-state index contributed by atoms with van der Waals surface area (Å²) in [5.41, 5.74) is 3.02. The normalized spacial score (nSPS) is 15.7. The van der Waals surface area contributed by atoms with Gasteiger partial charge < -0.3 is 10.1 Å². The molecule has 2 aromatic carbocycles. The quantitative estimate of drug-likeness (QED) is 0.525. The number of esters is 1. The first kappa shape index (κ1) is 18.2. The van der Waals surface area contributed by atoms with Crippen LogP contribution in [0.2, 0.25) is 0 Å². The van der Waals surface area contributed by atoms with Crippen molar-refractivity contribution in [3.8, 4) is 0 Å². The summed E-state index contributed by atoms with van der Waals surface area (Å²) in [6.07, 6.45) is 2.02. The highest BCUT2D eigenvalue weighted by atomic mass is 32.2. The number of aromatic nitrogens is 4. The van der Waals surface area contributed by atoms with Crippen LogP contribution in [0.25, 0.3) is 0 Å². The fourth-order valence-electron chi connectivity index (χ4n) is 3.17. The first-order valence-corrected chi connectivity index (χ1v) is 10.0. The molecule has 142 valence electrons. The minimum Gasteiger partial charge on any atom is -0.457 e. The van der Waals surface area contributed by atoms with Gasteiger partial charge in [-0.25, -0.2) is 4.79 Å². The van der Waals surface area contributed by atoms with E-state index >= 15 is 0 Å². The van der Waals surface area contributed by atoms with E-state index < -0.39 is 12.0 Å². The molecule has 1 unspecified atom stereocenters. The number of carbonyl (C=O) groups is 1. The maximum absolute atomic E-state index is 13.0. The van der Waals surface area contributed by atoms with Crippen molar-refractivity contribution in [1.29, 1.82) is 0 Å². The molecule has 0 amide bonds. The standard InChI is InChI=1S/C20H19N5O2S/c1-13-17(19(26)27-12-14-6-4-3-5-7-14)18(25-20(21-13)22-23-24-25)15-8-10-16(28-2)11-9-15/h3-11,18H,12H2,1-2H3,(H,21,22,24). The van der Waals surface area contributed by atoms with Crippen molar-refractivity contribution in [2.75, 3.05) is 11.6 Å². The number of nitrogens with one attached hydrogen (secondary N) is 1. The van der Waals surface area contributed by atoms with Crippen LogP contribution in [-0.2, 0) is 16.1 Å². The van der Waals surface area contributed by atoms with Crippen molar-refractivity contribution in [2.45, 2.75) is 24.5 Å². The molecule has 2 heterocycles. The molecule has 0 radical (unpaired) electrons. The van der Waals surface area contributed by atoms with Gasteiger partial charge in [0.15, 0.2) is 0 Å². The third-order valence-electron chi connectivity index (χ3n) is 4.58. The largest absolute Gasteiger partial charge is 0.457 e. The Balaban J connectivity index is 1.67. The predicted octanol–water partition coefficient (Wildman–Crippen LogP) is 3.43. The highest BCUT2D eigenvalue weighted by molar-refractivity contribution is 7.98. The van der Waals surface area contributed by atoms with Crippen molar-refractivity contribution in [3.05, 3.63) is 77.0 Å². The summed E-state index contributed by atoms with van der Waals surface area (Å²) in [4.78, 5) is 14.2. The van der Waals surface area contributed by atoms with Gasteiger partial charge in [0, 0.05) is 10.6 Å². The van der Waals surface area contributed by atoms with E-state index in [1.807, 2.05) is 67.8 Å². The van der Waals surface area contributed by atoms with Gasteiger partial charge in [-0.3, -0.25) is 0 Å². The number of rotatable bonds is 5. The van der Waals surface area contributed by atoms with E-state index in [4.69, 9.17) is 4.74 Å². The number of fused-ring (bicyclic) bond motifs is 1. The number of carbonyl (C=O) groups excluding carboxylic acids is 1. The van der Waals surface area contributed by atoms with Crippen molar-refractivity contribution < 1.29 is 9.53 Å². The Labute approximate surface area is 166 Å². The summed E-state index contributed by atoms with van der Waals surface area (Å²) in [6, 6.07) is 17.2. The Morgan fingerprint density at radius 1 is 1.18 bits per heavy atom. The van der Waals surface area contributed by atoms with Gasteiger partial charge in [0.25, 0.3) is 0 Å². The third kappa shape index (κ3) is 3.50. The Kier molecular flexibility index (Phi) is 5.12. The second-order valence-corrected chi connectivity index (χ2v) is 7.23. The second-order valence-electron chi connectivity index (χ2n) is 6.35. The molecule has 1 aliphatic heterocycles. The van der Waals surface area contributed by atoms with Gasteiger partial charge in [-0.05, 0) is 46.9 Å². The lowest BCUT2D eigenvalue weighted by molar-refractivity contribution is -0.140. The zero-order valence-electron chi connectivity index (χ0n) is 15.5. The molecule has 0 bridgehead atoms. The zero-order valence-corrected chi connectivity index (χ0v) is 16.3. The summed E-state index contributed by atoms with van der Waals surface area (Å²) in [5.74, 6) is 0.102. The number of benzene rings is 2. The minimum atomic E-state index is -0.453. The lowest BCUT2D eigenvalue weighted by Crippen LogP contribution is -2.29. The van der Waals surface area contributed by atoms with Crippen molar-refractivity contribution in [1.82, 2.24) is 20.2 Å². The van der Waals surface area contributed by atoms with Crippen molar-refractivity contribution in [2.24, 2.45) is 0 Å². The number of tetrazole rings is 1. The predicted molar refractivity (Wildman–Crippen MR) is 107 cm³/mol. The zero-order chi connectivity index (χ0) is 19.5. The van der Waals surface area contributed by atoms with Gasteiger partial charge in [-0.15, -0.1) is 11.8 Å². The first-order valence-electron chi connectivity index (χ1n) is 8.78. The van der Waals surface area contributed by atoms with Gasteiger partial charge in [0.1, 0.15) is 12.6 Å². The van der Waals surface area contributed by atoms with Gasteiger partial charge in [0.05, 0.1) is 5.57 Å². The minimum absolute atomic E-state index is 0.205. The second kappa shape index (κ2) is 7.85. The lowest BCUT2D eigenvalue weighted by atomic mass is 9.96. The van der Waals surface area contributed by atoms with Crippen molar-refractivity contribution >= 4 is 23.7 Å². The first-order chi connectivity index (χ1) is 13.7. The summed E-state index contributed by atoms with van der Waals surface area (Å²) in [7, 11) is 0. The fraction of sp³-hybridized carbons (Fsp3) is 0.200. The Morgan fingerprint density at radius 3 is 2.64 bits per heavy atom. The molecule has 0 saturated carbocycles. The molecule has 1 N–H and O–H groups in total. The lowest BCUT2D eigenvalue weighted by Gasteiger charge is -2.27. The molecule has 1 aliphatic rings. The van der Waals surface area contributed by atoms with Crippen LogP contribution >= 0.6 is 11.8 Å². The Morgan fingerprint density at radius 2 is 1.93 bits per heavy atom. The molecule has 1 atom stereocenters. The molecule has 8 heteroatoms. The van der Waals surface area contributed by atoms with Crippen LogP contribution in [0.15, 0.2) is 70.8 Å². The van der Waals surface area contributed by atoms with Crippen LogP contribution in [0.5, 0.6) is 0 Å². The van der Waals surface area contributed by atoms with Gasteiger partial charge >= 0.3 is 5.97 Å². The van der Waals surface area contributed by atoms with Gasteiger partial charge in [0.2, 0.25) is 5.95 Å². The number of anilines is 1. The van der Waals surface area contributed by atoms with Crippen LogP contribution < -0.4 is 5.32 Å². The molecule has 7 nitrogen and oxygen atoms in total. The van der Waals surface area contributed by atoms with E-state index in [2.05, 4.69) is 20.8 Å². The monoisotopic (exact) mass is 393 g/mol. The average Bonchev–Trinajstić information content (AvgIpc) is 3.20. The summed E-state index contributed by atoms with van der Waals surface area (Å²) in [5, 5.41) is 14.9. The number of ether oxygens (including phenoxy) is 1. The maximum Gasteiger partial charge on any atom is 0.338 e. The number of hydrogen-bond donors (Lipinski definition) is 1. The van der Waals surface area contributed by atoms with E-state index in [1.54, 1.807) is 16.4 Å². The van der Waals surface area contributed by atoms with Crippen LogP contribution in [0.4, 0.5) is 5.95 Å². The number of thioether (sulfide) groups is 1. The van der Waals surface area contributed by atoms with Crippen LogP contribution in [-0.4, -0.2) is 32.4 Å². The number of allylic oxidation sites excluding steroid dienone is 1. The summed E-state index contributed by atoms with van der Waals surface area (Å²) in [6.45, 7) is 2.04. The smallest absolute Gasteiger partial charge is 0.338 e. The molecule has 0 saturated heterocycles.